The van der Waals surface area contributed by atoms with Crippen molar-refractivity contribution in [3.8, 4) is 0 Å². The first-order valence-corrected chi connectivity index (χ1v) is 10.1. The number of thioether (sulfide) groups is 1. The number of nitrogens with one attached hydrogen (secondary N) is 2. The predicted octanol–water partition coefficient (Wildman–Crippen LogP) is 2.66. The van der Waals surface area contributed by atoms with Gasteiger partial charge in [0, 0.05) is 10.5 Å². The van der Waals surface area contributed by atoms with Crippen LogP contribution in [0.5, 0.6) is 0 Å². The zero-order valence-electron chi connectivity index (χ0n) is 15.6. The lowest BCUT2D eigenvalue weighted by Crippen LogP contribution is -2.46. The number of carbonyl (C=O) groups is 3. The summed E-state index contributed by atoms with van der Waals surface area (Å²) in [6.45, 7) is 1.46. The Balaban J connectivity index is 1.40. The van der Waals surface area contributed by atoms with Gasteiger partial charge >= 0.3 is 5.97 Å². The van der Waals surface area contributed by atoms with E-state index in [1.54, 1.807) is 30.3 Å². The predicted molar refractivity (Wildman–Crippen MR) is 107 cm³/mol. The first-order valence-electron chi connectivity index (χ1n) is 9.12. The summed E-state index contributed by atoms with van der Waals surface area (Å²) in [5, 5.41) is 0. The van der Waals surface area contributed by atoms with Gasteiger partial charge in [-0.15, -0.1) is 11.8 Å². The standard InChI is InChI=1S/C21H22N2O4S/c1-14(20(25)22-23-21(26)16-6-3-2-4-7-16)27-19(24)13-28-18-11-10-15-8-5-9-17(15)12-18/h2-4,6-7,10-12,14H,5,8-9,13H2,1H3,(H,22,25)(H,23,26)/t14-/m0/s1. The van der Waals surface area contributed by atoms with Crippen LogP contribution in [0.1, 0.15) is 34.8 Å². The van der Waals surface area contributed by atoms with Gasteiger partial charge in [-0.1, -0.05) is 24.3 Å². The molecule has 0 spiro atoms. The number of hydrazine groups is 1. The van der Waals surface area contributed by atoms with Gasteiger partial charge in [-0.2, -0.15) is 0 Å². The maximum Gasteiger partial charge on any atom is 0.317 e. The summed E-state index contributed by atoms with van der Waals surface area (Å²) in [6, 6.07) is 14.7. The third-order valence-electron chi connectivity index (χ3n) is 4.44. The van der Waals surface area contributed by atoms with Crippen LogP contribution in [-0.4, -0.2) is 29.6 Å². The second-order valence-electron chi connectivity index (χ2n) is 6.51. The van der Waals surface area contributed by atoms with E-state index in [0.29, 0.717) is 5.56 Å². The number of carbonyl (C=O) groups excluding carboxylic acids is 3. The van der Waals surface area contributed by atoms with Gasteiger partial charge in [0.05, 0.1) is 5.75 Å². The topological polar surface area (TPSA) is 84.5 Å². The van der Waals surface area contributed by atoms with Crippen molar-refractivity contribution >= 4 is 29.5 Å². The summed E-state index contributed by atoms with van der Waals surface area (Å²) in [5.41, 5.74) is 7.71. The molecule has 2 amide bonds. The van der Waals surface area contributed by atoms with Crippen LogP contribution < -0.4 is 10.9 Å². The summed E-state index contributed by atoms with van der Waals surface area (Å²) in [6.07, 6.45) is 2.37. The number of ether oxygens (including phenoxy) is 1. The molecule has 146 valence electrons. The number of benzene rings is 2. The van der Waals surface area contributed by atoms with Crippen LogP contribution in [0, 0.1) is 0 Å². The molecule has 0 heterocycles. The van der Waals surface area contributed by atoms with Gasteiger partial charge < -0.3 is 4.74 Å². The van der Waals surface area contributed by atoms with Crippen molar-refractivity contribution in [2.75, 3.05) is 5.75 Å². The molecule has 1 aliphatic rings. The molecule has 7 heteroatoms. The van der Waals surface area contributed by atoms with E-state index < -0.39 is 23.9 Å². The SMILES string of the molecule is C[C@H](OC(=O)CSc1ccc2c(c1)CCC2)C(=O)NNC(=O)c1ccccc1. The van der Waals surface area contributed by atoms with Gasteiger partial charge in [-0.3, -0.25) is 25.2 Å². The molecule has 0 aromatic heterocycles. The number of amides is 2. The van der Waals surface area contributed by atoms with E-state index >= 15 is 0 Å². The van der Waals surface area contributed by atoms with Crippen molar-refractivity contribution in [2.45, 2.75) is 37.2 Å². The molecule has 0 radical (unpaired) electrons. The highest BCUT2D eigenvalue weighted by atomic mass is 32.2. The summed E-state index contributed by atoms with van der Waals surface area (Å²) < 4.78 is 5.14. The first kappa shape index (κ1) is 19.9. The monoisotopic (exact) mass is 398 g/mol. The van der Waals surface area contributed by atoms with Gasteiger partial charge in [0.25, 0.3) is 11.8 Å². The van der Waals surface area contributed by atoms with E-state index in [4.69, 9.17) is 4.74 Å². The zero-order valence-corrected chi connectivity index (χ0v) is 16.4. The number of hydrogen-bond acceptors (Lipinski definition) is 5. The Morgan fingerprint density at radius 2 is 1.79 bits per heavy atom. The fourth-order valence-electron chi connectivity index (χ4n) is 2.95. The molecule has 1 atom stereocenters. The van der Waals surface area contributed by atoms with E-state index in [0.717, 1.165) is 17.7 Å². The van der Waals surface area contributed by atoms with Crippen molar-refractivity contribution in [1.29, 1.82) is 0 Å². The molecule has 0 saturated heterocycles. The van der Waals surface area contributed by atoms with Crippen LogP contribution in [0.25, 0.3) is 0 Å². The summed E-state index contributed by atoms with van der Waals surface area (Å²) in [4.78, 5) is 36.9. The second kappa shape index (κ2) is 9.41. The molecule has 0 unspecified atom stereocenters. The third kappa shape index (κ3) is 5.36. The Morgan fingerprint density at radius 3 is 2.57 bits per heavy atom. The minimum absolute atomic E-state index is 0.118. The highest BCUT2D eigenvalue weighted by Crippen LogP contribution is 2.27. The third-order valence-corrected chi connectivity index (χ3v) is 5.41. The quantitative estimate of drug-likeness (QED) is 0.444. The van der Waals surface area contributed by atoms with Gasteiger partial charge in [0.2, 0.25) is 0 Å². The van der Waals surface area contributed by atoms with Crippen molar-refractivity contribution in [3.05, 3.63) is 65.2 Å². The van der Waals surface area contributed by atoms with E-state index in [2.05, 4.69) is 23.0 Å². The Morgan fingerprint density at radius 1 is 1.04 bits per heavy atom. The molecular weight excluding hydrogens is 376 g/mol. The van der Waals surface area contributed by atoms with E-state index in [9.17, 15) is 14.4 Å². The lowest BCUT2D eigenvalue weighted by molar-refractivity contribution is -0.152. The van der Waals surface area contributed by atoms with Crippen molar-refractivity contribution in [1.82, 2.24) is 10.9 Å². The van der Waals surface area contributed by atoms with E-state index in [1.165, 1.54) is 36.2 Å². The number of rotatable bonds is 6. The fraction of sp³-hybridized carbons (Fsp3) is 0.286. The first-order chi connectivity index (χ1) is 13.5. The van der Waals surface area contributed by atoms with E-state index in [-0.39, 0.29) is 5.75 Å². The lowest BCUT2D eigenvalue weighted by atomic mass is 10.1. The normalized spacial score (nSPS) is 13.3. The maximum atomic E-state index is 12.0. The van der Waals surface area contributed by atoms with Crippen LogP contribution >= 0.6 is 11.8 Å². The Hall–Kier alpha value is -2.80. The van der Waals surface area contributed by atoms with Crippen LogP contribution in [0.4, 0.5) is 0 Å². The Bertz CT molecular complexity index is 870. The molecule has 1 aliphatic carbocycles. The molecule has 0 bridgehead atoms. The number of esters is 1. The largest absolute Gasteiger partial charge is 0.452 e. The minimum atomic E-state index is -1.01. The van der Waals surface area contributed by atoms with Crippen LogP contribution in [0.15, 0.2) is 53.4 Å². The molecule has 3 rings (SSSR count). The molecule has 0 fully saturated rings. The molecule has 28 heavy (non-hydrogen) atoms. The lowest BCUT2D eigenvalue weighted by Gasteiger charge is -2.14. The maximum absolute atomic E-state index is 12.0. The smallest absolute Gasteiger partial charge is 0.317 e. The number of aryl methyl sites for hydroxylation is 2. The van der Waals surface area contributed by atoms with Gasteiger partial charge in [0.15, 0.2) is 6.10 Å². The van der Waals surface area contributed by atoms with Crippen molar-refractivity contribution < 1.29 is 19.1 Å². The zero-order chi connectivity index (χ0) is 19.9. The molecule has 0 saturated carbocycles. The fourth-order valence-corrected chi connectivity index (χ4v) is 3.69. The molecule has 0 aliphatic heterocycles. The summed E-state index contributed by atoms with van der Waals surface area (Å²) in [5.74, 6) is -1.41. The van der Waals surface area contributed by atoms with Gasteiger partial charge in [-0.25, -0.2) is 0 Å². The molecule has 6 nitrogen and oxygen atoms in total. The molecule has 2 N–H and O–H groups in total. The average Bonchev–Trinajstić information content (AvgIpc) is 3.18. The summed E-state index contributed by atoms with van der Waals surface area (Å²) >= 11 is 1.39. The molecular formula is C21H22N2O4S. The van der Waals surface area contributed by atoms with E-state index in [1.807, 2.05) is 6.07 Å². The summed E-state index contributed by atoms with van der Waals surface area (Å²) in [7, 11) is 0. The highest BCUT2D eigenvalue weighted by Gasteiger charge is 2.19. The minimum Gasteiger partial charge on any atom is -0.452 e. The Kier molecular flexibility index (Phi) is 6.71. The van der Waals surface area contributed by atoms with Crippen LogP contribution in [0.2, 0.25) is 0 Å². The van der Waals surface area contributed by atoms with Crippen molar-refractivity contribution in [3.63, 3.8) is 0 Å². The molecule has 2 aromatic carbocycles. The van der Waals surface area contributed by atoms with Crippen LogP contribution in [0.3, 0.4) is 0 Å². The Labute approximate surface area is 168 Å². The van der Waals surface area contributed by atoms with Gasteiger partial charge in [-0.05, 0) is 61.6 Å². The highest BCUT2D eigenvalue weighted by molar-refractivity contribution is 8.00. The van der Waals surface area contributed by atoms with Gasteiger partial charge in [0.1, 0.15) is 0 Å². The number of fused-ring (bicyclic) bond motifs is 1. The second-order valence-corrected chi connectivity index (χ2v) is 7.56. The van der Waals surface area contributed by atoms with Crippen LogP contribution in [-0.2, 0) is 27.2 Å². The van der Waals surface area contributed by atoms with Crippen molar-refractivity contribution in [2.24, 2.45) is 0 Å². The number of hydrogen-bond donors (Lipinski definition) is 2. The average molecular weight is 398 g/mol. The molecule has 2 aromatic rings.